The monoisotopic (exact) mass is 278 g/mol. The highest BCUT2D eigenvalue weighted by Gasteiger charge is 2.32. The van der Waals surface area contributed by atoms with Crippen molar-refractivity contribution >= 4 is 17.2 Å². The van der Waals surface area contributed by atoms with Crippen molar-refractivity contribution in [3.8, 4) is 0 Å². The highest BCUT2D eigenvalue weighted by Crippen LogP contribution is 2.43. The first-order chi connectivity index (χ1) is 9.16. The third-order valence-electron chi connectivity index (χ3n) is 4.40. The fraction of sp³-hybridized carbons (Fsp3) is 0.667. The Hall–Kier alpha value is -0.870. The summed E-state index contributed by atoms with van der Waals surface area (Å²) in [4.78, 5) is 15.7. The predicted molar refractivity (Wildman–Crippen MR) is 78.6 cm³/mol. The van der Waals surface area contributed by atoms with Crippen molar-refractivity contribution in [3.63, 3.8) is 0 Å². The van der Waals surface area contributed by atoms with E-state index < -0.39 is 0 Å². The lowest BCUT2D eigenvalue weighted by Gasteiger charge is -2.34. The number of likely N-dealkylation sites (tertiary alicyclic amines) is 1. The van der Waals surface area contributed by atoms with Crippen LogP contribution in [0.15, 0.2) is 11.4 Å². The Bertz CT molecular complexity index is 464. The minimum Gasteiger partial charge on any atom is -0.338 e. The molecule has 0 spiro atoms. The van der Waals surface area contributed by atoms with Crippen LogP contribution in [0.3, 0.4) is 0 Å². The molecule has 1 aliphatic heterocycles. The van der Waals surface area contributed by atoms with E-state index in [9.17, 15) is 4.79 Å². The van der Waals surface area contributed by atoms with Crippen LogP contribution in [-0.2, 0) is 0 Å². The van der Waals surface area contributed by atoms with E-state index in [-0.39, 0.29) is 11.9 Å². The van der Waals surface area contributed by atoms with Crippen LogP contribution < -0.4 is 5.73 Å². The summed E-state index contributed by atoms with van der Waals surface area (Å²) >= 11 is 1.61. The molecule has 1 aromatic rings. The molecule has 2 aliphatic rings. The Kier molecular flexibility index (Phi) is 3.63. The molecule has 3 nitrogen and oxygen atoms in total. The van der Waals surface area contributed by atoms with Gasteiger partial charge in [-0.3, -0.25) is 4.79 Å². The molecule has 2 atom stereocenters. The lowest BCUT2D eigenvalue weighted by atomic mass is 9.92. The second-order valence-electron chi connectivity index (χ2n) is 5.99. The van der Waals surface area contributed by atoms with Gasteiger partial charge in [-0.15, -0.1) is 11.3 Å². The van der Waals surface area contributed by atoms with Crippen molar-refractivity contribution in [2.75, 3.05) is 13.1 Å². The predicted octanol–water partition coefficient (Wildman–Crippen LogP) is 2.82. The van der Waals surface area contributed by atoms with Crippen molar-refractivity contribution in [2.24, 2.45) is 11.7 Å². The zero-order valence-corrected chi connectivity index (χ0v) is 12.3. The molecule has 2 fully saturated rings. The zero-order valence-electron chi connectivity index (χ0n) is 11.5. The number of carbonyl (C=O) groups excluding carboxylic acids is 1. The molecule has 2 N–H and O–H groups in total. The maximum absolute atomic E-state index is 12.7. The summed E-state index contributed by atoms with van der Waals surface area (Å²) in [5.74, 6) is 1.35. The quantitative estimate of drug-likeness (QED) is 0.924. The van der Waals surface area contributed by atoms with Crippen LogP contribution in [0.4, 0.5) is 0 Å². The second kappa shape index (κ2) is 5.25. The Balaban J connectivity index is 1.74. The van der Waals surface area contributed by atoms with Crippen molar-refractivity contribution < 1.29 is 4.79 Å². The first kappa shape index (κ1) is 13.1. The summed E-state index contributed by atoms with van der Waals surface area (Å²) in [6.07, 6.45) is 4.74. The summed E-state index contributed by atoms with van der Waals surface area (Å²) < 4.78 is 0. The smallest absolute Gasteiger partial charge is 0.264 e. The molecule has 104 valence electrons. The molecule has 1 aromatic heterocycles. The van der Waals surface area contributed by atoms with Crippen LogP contribution in [0.2, 0.25) is 0 Å². The van der Waals surface area contributed by atoms with Crippen LogP contribution in [-0.4, -0.2) is 29.9 Å². The van der Waals surface area contributed by atoms with Crippen LogP contribution >= 0.6 is 11.3 Å². The summed E-state index contributed by atoms with van der Waals surface area (Å²) in [7, 11) is 0. The second-order valence-corrected chi connectivity index (χ2v) is 6.91. The maximum atomic E-state index is 12.7. The number of thiophene rings is 1. The minimum atomic E-state index is 0.182. The first-order valence-corrected chi connectivity index (χ1v) is 8.17. The topological polar surface area (TPSA) is 46.3 Å². The van der Waals surface area contributed by atoms with Gasteiger partial charge in [0.2, 0.25) is 0 Å². The van der Waals surface area contributed by atoms with Gasteiger partial charge in [-0.2, -0.15) is 0 Å². The molecule has 3 rings (SSSR count). The van der Waals surface area contributed by atoms with Gasteiger partial charge in [0, 0.05) is 19.1 Å². The van der Waals surface area contributed by atoms with Gasteiger partial charge in [-0.05, 0) is 61.5 Å². The van der Waals surface area contributed by atoms with Gasteiger partial charge in [0.15, 0.2) is 0 Å². The van der Waals surface area contributed by atoms with E-state index in [1.54, 1.807) is 11.3 Å². The highest BCUT2D eigenvalue weighted by molar-refractivity contribution is 7.12. The third kappa shape index (κ3) is 2.70. The van der Waals surface area contributed by atoms with E-state index in [0.717, 1.165) is 30.8 Å². The first-order valence-electron chi connectivity index (χ1n) is 7.29. The van der Waals surface area contributed by atoms with Gasteiger partial charge in [-0.1, -0.05) is 0 Å². The molecule has 0 bridgehead atoms. The molecule has 1 saturated heterocycles. The molecule has 1 amide bonds. The van der Waals surface area contributed by atoms with Crippen molar-refractivity contribution in [1.29, 1.82) is 0 Å². The average molecular weight is 278 g/mol. The van der Waals surface area contributed by atoms with Gasteiger partial charge < -0.3 is 10.6 Å². The number of nitrogens with zero attached hydrogens (tertiary/aromatic N) is 1. The fourth-order valence-corrected chi connectivity index (χ4v) is 3.93. The van der Waals surface area contributed by atoms with Crippen LogP contribution in [0.1, 0.15) is 53.8 Å². The number of carbonyl (C=O) groups is 1. The maximum Gasteiger partial charge on any atom is 0.264 e. The summed E-state index contributed by atoms with van der Waals surface area (Å²) in [5.41, 5.74) is 7.29. The van der Waals surface area contributed by atoms with Gasteiger partial charge in [0.25, 0.3) is 5.91 Å². The Morgan fingerprint density at radius 3 is 2.95 bits per heavy atom. The number of nitrogens with two attached hydrogens (primary N) is 1. The molecular formula is C15H22N2OS. The Morgan fingerprint density at radius 2 is 2.26 bits per heavy atom. The molecule has 1 saturated carbocycles. The van der Waals surface area contributed by atoms with Crippen molar-refractivity contribution in [2.45, 2.75) is 44.6 Å². The van der Waals surface area contributed by atoms with Crippen molar-refractivity contribution in [1.82, 2.24) is 4.90 Å². The van der Waals surface area contributed by atoms with E-state index in [1.165, 1.54) is 18.4 Å². The number of rotatable bonds is 3. The Morgan fingerprint density at radius 1 is 1.47 bits per heavy atom. The molecule has 0 radical (unpaired) electrons. The van der Waals surface area contributed by atoms with Gasteiger partial charge in [0.1, 0.15) is 0 Å². The van der Waals surface area contributed by atoms with E-state index >= 15 is 0 Å². The van der Waals surface area contributed by atoms with Crippen LogP contribution in [0, 0.1) is 5.92 Å². The molecule has 1 aliphatic carbocycles. The largest absolute Gasteiger partial charge is 0.338 e. The lowest BCUT2D eigenvalue weighted by Crippen LogP contribution is -2.45. The number of piperidine rings is 1. The molecular weight excluding hydrogens is 256 g/mol. The van der Waals surface area contributed by atoms with Crippen LogP contribution in [0.5, 0.6) is 0 Å². The summed E-state index contributed by atoms with van der Waals surface area (Å²) in [6, 6.07) is 2.32. The molecule has 4 heteroatoms. The molecule has 0 unspecified atom stereocenters. The average Bonchev–Trinajstić information content (AvgIpc) is 3.15. The molecule has 19 heavy (non-hydrogen) atoms. The number of amides is 1. The van der Waals surface area contributed by atoms with Crippen molar-refractivity contribution in [3.05, 3.63) is 21.9 Å². The zero-order chi connectivity index (χ0) is 13.4. The number of hydrogen-bond acceptors (Lipinski definition) is 3. The Labute approximate surface area is 118 Å². The van der Waals surface area contributed by atoms with Gasteiger partial charge in [0.05, 0.1) is 4.88 Å². The normalized spacial score (nSPS) is 25.4. The number of hydrogen-bond donors (Lipinski definition) is 1. The van der Waals surface area contributed by atoms with E-state index in [2.05, 4.69) is 18.4 Å². The summed E-state index contributed by atoms with van der Waals surface area (Å²) in [5, 5.41) is 2.06. The lowest BCUT2D eigenvalue weighted by molar-refractivity contribution is 0.0665. The van der Waals surface area contributed by atoms with Gasteiger partial charge >= 0.3 is 0 Å². The fourth-order valence-electron chi connectivity index (χ4n) is 2.98. The summed E-state index contributed by atoms with van der Waals surface area (Å²) in [6.45, 7) is 3.78. The third-order valence-corrected chi connectivity index (χ3v) is 5.31. The molecule has 2 heterocycles. The standard InChI is InChI=1S/C15H22N2OS/c1-10(16)12-3-2-7-17(9-12)15(18)14-13(6-8-19-14)11-4-5-11/h6,8,10-12H,2-5,7,9,16H2,1H3/t10-,12+/m0/s1. The SMILES string of the molecule is C[C@H](N)[C@@H]1CCCN(C(=O)c2sccc2C2CC2)C1. The van der Waals surface area contributed by atoms with E-state index in [0.29, 0.717) is 11.8 Å². The molecule has 0 aromatic carbocycles. The van der Waals surface area contributed by atoms with Gasteiger partial charge in [-0.25, -0.2) is 0 Å². The van der Waals surface area contributed by atoms with E-state index in [4.69, 9.17) is 5.73 Å². The minimum absolute atomic E-state index is 0.182. The highest BCUT2D eigenvalue weighted by atomic mass is 32.1. The van der Waals surface area contributed by atoms with E-state index in [1.807, 2.05) is 4.90 Å². The van der Waals surface area contributed by atoms with Crippen LogP contribution in [0.25, 0.3) is 0 Å².